The van der Waals surface area contributed by atoms with Gasteiger partial charge < -0.3 is 0 Å². The number of rotatable bonds is 10. The molecule has 0 unspecified atom stereocenters. The van der Waals surface area contributed by atoms with E-state index in [1.807, 2.05) is 6.20 Å². The van der Waals surface area contributed by atoms with Gasteiger partial charge in [0, 0.05) is 23.9 Å². The highest BCUT2D eigenvalue weighted by atomic mass is 14.9. The molecule has 0 saturated heterocycles. The van der Waals surface area contributed by atoms with Gasteiger partial charge >= 0.3 is 0 Å². The van der Waals surface area contributed by atoms with E-state index in [9.17, 15) is 0 Å². The van der Waals surface area contributed by atoms with E-state index in [0.29, 0.717) is 0 Å². The molecule has 1 aromatic carbocycles. The average Bonchev–Trinajstić information content (AvgIpc) is 2.74. The first-order chi connectivity index (χ1) is 14.2. The van der Waals surface area contributed by atoms with Crippen LogP contribution in [0.2, 0.25) is 0 Å². The van der Waals surface area contributed by atoms with E-state index in [1.165, 1.54) is 80.9 Å². The van der Waals surface area contributed by atoms with Crippen molar-refractivity contribution >= 4 is 0 Å². The van der Waals surface area contributed by atoms with Crippen LogP contribution in [0.5, 0.6) is 0 Å². The molecule has 2 heteroatoms. The first-order valence-electron chi connectivity index (χ1n) is 12.1. The molecule has 0 radical (unpaired) electrons. The fraction of sp³-hybridized carbons (Fsp3) is 0.630. The summed E-state index contributed by atoms with van der Waals surface area (Å²) in [4.78, 5) is 9.56. The highest BCUT2D eigenvalue weighted by Crippen LogP contribution is 2.34. The van der Waals surface area contributed by atoms with Crippen molar-refractivity contribution in [2.45, 2.75) is 97.8 Å². The molecular weight excluding hydrogens is 352 g/mol. The molecule has 0 aliphatic heterocycles. The quantitative estimate of drug-likeness (QED) is 0.387. The molecule has 1 fully saturated rings. The maximum Gasteiger partial charge on any atom is 0.128 e. The smallest absolute Gasteiger partial charge is 0.128 e. The van der Waals surface area contributed by atoms with E-state index in [0.717, 1.165) is 36.2 Å². The second kappa shape index (κ2) is 11.5. The zero-order valence-electron chi connectivity index (χ0n) is 18.9. The molecule has 2 nitrogen and oxygen atoms in total. The zero-order valence-corrected chi connectivity index (χ0v) is 18.9. The lowest BCUT2D eigenvalue weighted by atomic mass is 9.78. The lowest BCUT2D eigenvalue weighted by molar-refractivity contribution is 0.248. The maximum atomic E-state index is 4.85. The highest BCUT2D eigenvalue weighted by molar-refractivity contribution is 5.65. The minimum atomic E-state index is 0.882. The maximum absolute atomic E-state index is 4.85. The lowest BCUT2D eigenvalue weighted by Gasteiger charge is -2.28. The molecule has 1 saturated carbocycles. The van der Waals surface area contributed by atoms with Gasteiger partial charge in [-0.3, -0.25) is 0 Å². The van der Waals surface area contributed by atoms with Crippen molar-refractivity contribution < 1.29 is 0 Å². The number of benzene rings is 1. The summed E-state index contributed by atoms with van der Waals surface area (Å²) in [7, 11) is 0. The molecule has 2 aromatic rings. The van der Waals surface area contributed by atoms with Crippen molar-refractivity contribution in [3.8, 4) is 11.1 Å². The van der Waals surface area contributed by atoms with Gasteiger partial charge in [0.05, 0.1) is 0 Å². The fourth-order valence-electron chi connectivity index (χ4n) is 4.88. The van der Waals surface area contributed by atoms with Crippen LogP contribution in [0.3, 0.4) is 0 Å². The predicted molar refractivity (Wildman–Crippen MR) is 124 cm³/mol. The molecule has 0 amide bonds. The van der Waals surface area contributed by atoms with E-state index in [1.54, 1.807) is 0 Å². The van der Waals surface area contributed by atoms with Crippen LogP contribution in [0, 0.1) is 18.8 Å². The molecular formula is C27H40N2. The van der Waals surface area contributed by atoms with Crippen LogP contribution < -0.4 is 0 Å². The van der Waals surface area contributed by atoms with Crippen molar-refractivity contribution in [1.82, 2.24) is 9.97 Å². The van der Waals surface area contributed by atoms with Crippen molar-refractivity contribution in [3.05, 3.63) is 47.5 Å². The zero-order chi connectivity index (χ0) is 20.5. The molecule has 1 aromatic heterocycles. The third-order valence-electron chi connectivity index (χ3n) is 6.79. The van der Waals surface area contributed by atoms with Crippen LogP contribution in [-0.4, -0.2) is 9.97 Å². The average molecular weight is 393 g/mol. The van der Waals surface area contributed by atoms with Crippen molar-refractivity contribution in [3.63, 3.8) is 0 Å². The third-order valence-corrected chi connectivity index (χ3v) is 6.79. The monoisotopic (exact) mass is 392 g/mol. The number of aryl methyl sites for hydroxylation is 3. The Labute approximate surface area is 178 Å². The second-order valence-corrected chi connectivity index (χ2v) is 9.15. The van der Waals surface area contributed by atoms with Gasteiger partial charge in [-0.15, -0.1) is 0 Å². The molecule has 158 valence electrons. The number of hydrogen-bond acceptors (Lipinski definition) is 2. The van der Waals surface area contributed by atoms with E-state index in [4.69, 9.17) is 9.97 Å². The first-order valence-corrected chi connectivity index (χ1v) is 12.1. The van der Waals surface area contributed by atoms with Crippen molar-refractivity contribution in [2.24, 2.45) is 11.8 Å². The van der Waals surface area contributed by atoms with E-state index in [2.05, 4.69) is 45.0 Å². The van der Waals surface area contributed by atoms with Gasteiger partial charge in [0.15, 0.2) is 0 Å². The Hall–Kier alpha value is -1.70. The van der Waals surface area contributed by atoms with Crippen LogP contribution in [-0.2, 0) is 12.8 Å². The SMILES string of the molecule is CCCCC[C@H]1CC[C@H](CCc2ncc(-c3ccc(CCC)cc3)c(C)n2)CC1. The summed E-state index contributed by atoms with van der Waals surface area (Å²) in [5.74, 6) is 2.91. The fourth-order valence-corrected chi connectivity index (χ4v) is 4.88. The molecule has 29 heavy (non-hydrogen) atoms. The standard InChI is InChI=1S/C27H40N2/c1-4-6-7-9-23-10-12-24(13-11-23)16-19-27-28-20-26(21(3)29-27)25-17-14-22(8-5-2)15-18-25/h14-15,17-18,20,23-24H,4-13,16,19H2,1-3H3/t23-,24-. The summed E-state index contributed by atoms with van der Waals surface area (Å²) in [6, 6.07) is 8.92. The van der Waals surface area contributed by atoms with Crippen molar-refractivity contribution in [2.75, 3.05) is 0 Å². The number of nitrogens with zero attached hydrogens (tertiary/aromatic N) is 2. The Kier molecular flexibility index (Phi) is 8.70. The molecule has 1 heterocycles. The van der Waals surface area contributed by atoms with E-state index in [-0.39, 0.29) is 0 Å². The Morgan fingerprint density at radius 1 is 0.828 bits per heavy atom. The first kappa shape index (κ1) is 22.0. The number of unbranched alkanes of at least 4 members (excludes halogenated alkanes) is 2. The van der Waals surface area contributed by atoms with Gasteiger partial charge in [-0.25, -0.2) is 9.97 Å². The van der Waals surface area contributed by atoms with Gasteiger partial charge in [-0.05, 0) is 42.7 Å². The largest absolute Gasteiger partial charge is 0.241 e. The van der Waals surface area contributed by atoms with Crippen LogP contribution in [0.25, 0.3) is 11.1 Å². The van der Waals surface area contributed by atoms with Gasteiger partial charge in [0.1, 0.15) is 5.82 Å². The normalized spacial score (nSPS) is 19.4. The van der Waals surface area contributed by atoms with Crippen LogP contribution in [0.4, 0.5) is 0 Å². The van der Waals surface area contributed by atoms with E-state index >= 15 is 0 Å². The minimum Gasteiger partial charge on any atom is -0.241 e. The third kappa shape index (κ3) is 6.66. The molecule has 1 aliphatic rings. The summed E-state index contributed by atoms with van der Waals surface area (Å²) in [6.45, 7) is 6.66. The number of aromatic nitrogens is 2. The Morgan fingerprint density at radius 3 is 2.14 bits per heavy atom. The second-order valence-electron chi connectivity index (χ2n) is 9.15. The Balaban J connectivity index is 1.48. The Bertz CT molecular complexity index is 727. The summed E-state index contributed by atoms with van der Waals surface area (Å²) < 4.78 is 0. The molecule has 0 bridgehead atoms. The van der Waals surface area contributed by atoms with Crippen LogP contribution in [0.15, 0.2) is 30.5 Å². The molecule has 3 rings (SSSR count). The molecule has 0 N–H and O–H groups in total. The highest BCUT2D eigenvalue weighted by Gasteiger charge is 2.21. The number of hydrogen-bond donors (Lipinski definition) is 0. The summed E-state index contributed by atoms with van der Waals surface area (Å²) in [5.41, 5.74) is 4.92. The molecule has 1 aliphatic carbocycles. The van der Waals surface area contributed by atoms with Gasteiger partial charge in [0.25, 0.3) is 0 Å². The van der Waals surface area contributed by atoms with Crippen LogP contribution in [0.1, 0.15) is 95.1 Å². The topological polar surface area (TPSA) is 25.8 Å². The predicted octanol–water partition coefficient (Wildman–Crippen LogP) is 7.72. The summed E-state index contributed by atoms with van der Waals surface area (Å²) in [6.07, 6.45) is 18.0. The molecule has 0 atom stereocenters. The van der Waals surface area contributed by atoms with Crippen molar-refractivity contribution in [1.29, 1.82) is 0 Å². The molecule has 0 spiro atoms. The Morgan fingerprint density at radius 2 is 1.52 bits per heavy atom. The van der Waals surface area contributed by atoms with Gasteiger partial charge in [0.2, 0.25) is 0 Å². The summed E-state index contributed by atoms with van der Waals surface area (Å²) >= 11 is 0. The lowest BCUT2D eigenvalue weighted by Crippen LogP contribution is -2.15. The van der Waals surface area contributed by atoms with Crippen LogP contribution >= 0.6 is 0 Å². The summed E-state index contributed by atoms with van der Waals surface area (Å²) in [5, 5.41) is 0. The van der Waals surface area contributed by atoms with Gasteiger partial charge in [-0.2, -0.15) is 0 Å². The van der Waals surface area contributed by atoms with E-state index < -0.39 is 0 Å². The van der Waals surface area contributed by atoms with Gasteiger partial charge in [-0.1, -0.05) is 95.9 Å². The minimum absolute atomic E-state index is 0.882.